The topological polar surface area (TPSA) is 58.9 Å². The third kappa shape index (κ3) is 1.89. The molecule has 1 rings (SSSR count). The van der Waals surface area contributed by atoms with Gasteiger partial charge in [0.25, 0.3) is 12.0 Å². The largest absolute Gasteiger partial charge is 0.326 e. The van der Waals surface area contributed by atoms with Crippen LogP contribution in [0.25, 0.3) is 0 Å². The molecule has 0 amide bonds. The molecule has 0 radical (unpaired) electrons. The molecule has 3 N–H and O–H groups in total. The Morgan fingerprint density at radius 1 is 1.54 bits per heavy atom. The van der Waals surface area contributed by atoms with Crippen molar-refractivity contribution in [3.63, 3.8) is 0 Å². The van der Waals surface area contributed by atoms with Crippen LogP contribution in [-0.4, -0.2) is 4.98 Å². The third-order valence-corrected chi connectivity index (χ3v) is 1.57. The molecule has 0 saturated carbocycles. The van der Waals surface area contributed by atoms with E-state index in [0.717, 1.165) is 0 Å². The van der Waals surface area contributed by atoms with Gasteiger partial charge in [0.15, 0.2) is 5.95 Å². The van der Waals surface area contributed by atoms with Crippen molar-refractivity contribution >= 4 is 0 Å². The lowest BCUT2D eigenvalue weighted by atomic mass is 10.1. The van der Waals surface area contributed by atoms with Crippen molar-refractivity contribution in [2.45, 2.75) is 13.0 Å². The molecule has 0 aliphatic rings. The van der Waals surface area contributed by atoms with Crippen LogP contribution >= 0.6 is 0 Å². The van der Waals surface area contributed by atoms with E-state index in [1.165, 1.54) is 0 Å². The molecule has 0 aromatic carbocycles. The number of aromatic amines is 1. The molecule has 0 aliphatic heterocycles. The molecule has 0 bridgehead atoms. The van der Waals surface area contributed by atoms with Crippen molar-refractivity contribution in [3.8, 4) is 0 Å². The zero-order chi connectivity index (χ0) is 10.0. The number of alkyl halides is 2. The molecule has 1 aromatic rings. The Balaban J connectivity index is 3.38. The van der Waals surface area contributed by atoms with Crippen molar-refractivity contribution in [2.24, 2.45) is 5.73 Å². The summed E-state index contributed by atoms with van der Waals surface area (Å²) < 4.78 is 37.2. The summed E-state index contributed by atoms with van der Waals surface area (Å²) >= 11 is 0. The Labute approximate surface area is 71.4 Å². The molecule has 6 heteroatoms. The zero-order valence-electron chi connectivity index (χ0n) is 6.48. The second kappa shape index (κ2) is 3.61. The first-order valence-corrected chi connectivity index (χ1v) is 3.46. The number of H-pyrrole nitrogens is 1. The van der Waals surface area contributed by atoms with Crippen LogP contribution < -0.4 is 11.3 Å². The molecule has 0 unspecified atom stereocenters. The first kappa shape index (κ1) is 9.79. The van der Waals surface area contributed by atoms with Crippen LogP contribution in [0.2, 0.25) is 0 Å². The van der Waals surface area contributed by atoms with Crippen LogP contribution in [0.15, 0.2) is 10.9 Å². The molecule has 1 aromatic heterocycles. The normalized spacial score (nSPS) is 10.8. The van der Waals surface area contributed by atoms with E-state index >= 15 is 0 Å². The average molecular weight is 192 g/mol. The van der Waals surface area contributed by atoms with Crippen LogP contribution in [0.3, 0.4) is 0 Å². The summed E-state index contributed by atoms with van der Waals surface area (Å²) in [5.41, 5.74) is 3.14. The lowest BCUT2D eigenvalue weighted by Crippen LogP contribution is -2.15. The van der Waals surface area contributed by atoms with Gasteiger partial charge in [0.1, 0.15) is 0 Å². The van der Waals surface area contributed by atoms with E-state index in [1.54, 1.807) is 4.98 Å². The first-order valence-electron chi connectivity index (χ1n) is 3.46. The Morgan fingerprint density at radius 3 is 2.62 bits per heavy atom. The number of aromatic nitrogens is 1. The molecular formula is C7H7F3N2O. The lowest BCUT2D eigenvalue weighted by Gasteiger charge is -2.06. The van der Waals surface area contributed by atoms with E-state index in [9.17, 15) is 18.0 Å². The van der Waals surface area contributed by atoms with Crippen molar-refractivity contribution in [3.05, 3.63) is 33.5 Å². The molecule has 0 saturated heterocycles. The van der Waals surface area contributed by atoms with Crippen LogP contribution in [0.1, 0.15) is 17.6 Å². The minimum atomic E-state index is -2.89. The fraction of sp³-hybridized carbons (Fsp3) is 0.286. The van der Waals surface area contributed by atoms with Gasteiger partial charge in [0.05, 0.1) is 0 Å². The van der Waals surface area contributed by atoms with Gasteiger partial charge >= 0.3 is 0 Å². The van der Waals surface area contributed by atoms with E-state index in [2.05, 4.69) is 0 Å². The first-order chi connectivity index (χ1) is 6.06. The highest BCUT2D eigenvalue weighted by Crippen LogP contribution is 2.21. The number of hydrogen-bond acceptors (Lipinski definition) is 2. The maximum Gasteiger partial charge on any atom is 0.264 e. The third-order valence-electron chi connectivity index (χ3n) is 1.57. The van der Waals surface area contributed by atoms with Gasteiger partial charge in [0, 0.05) is 23.7 Å². The number of hydrogen-bond donors (Lipinski definition) is 2. The second-order valence-electron chi connectivity index (χ2n) is 2.39. The average Bonchev–Trinajstić information content (AvgIpc) is 2.02. The number of rotatable bonds is 2. The molecule has 13 heavy (non-hydrogen) atoms. The number of pyridine rings is 1. The highest BCUT2D eigenvalue weighted by Gasteiger charge is 2.16. The van der Waals surface area contributed by atoms with Crippen LogP contribution in [-0.2, 0) is 6.54 Å². The Kier molecular flexibility index (Phi) is 2.72. The molecule has 72 valence electrons. The molecule has 0 spiro atoms. The Bertz CT molecular complexity index is 361. The SMILES string of the molecule is NCc1c(C(F)F)cc(=O)[nH]c1F. The number of halogens is 3. The predicted molar refractivity (Wildman–Crippen MR) is 39.9 cm³/mol. The molecule has 0 atom stereocenters. The molecule has 0 aliphatic carbocycles. The van der Waals surface area contributed by atoms with E-state index in [4.69, 9.17) is 5.73 Å². The molecule has 3 nitrogen and oxygen atoms in total. The van der Waals surface area contributed by atoms with E-state index in [-0.39, 0.29) is 12.1 Å². The monoisotopic (exact) mass is 192 g/mol. The molecule has 1 heterocycles. The van der Waals surface area contributed by atoms with Gasteiger partial charge in [-0.1, -0.05) is 0 Å². The zero-order valence-corrected chi connectivity index (χ0v) is 6.48. The maximum atomic E-state index is 12.8. The highest BCUT2D eigenvalue weighted by atomic mass is 19.3. The van der Waals surface area contributed by atoms with Crippen molar-refractivity contribution in [1.82, 2.24) is 4.98 Å². The predicted octanol–water partition coefficient (Wildman–Crippen LogP) is 0.910. The van der Waals surface area contributed by atoms with Crippen molar-refractivity contribution in [1.29, 1.82) is 0 Å². The minimum Gasteiger partial charge on any atom is -0.326 e. The quantitative estimate of drug-likeness (QED) is 0.684. The van der Waals surface area contributed by atoms with Crippen molar-refractivity contribution in [2.75, 3.05) is 0 Å². The summed E-state index contributed by atoms with van der Waals surface area (Å²) in [5, 5.41) is 0. The smallest absolute Gasteiger partial charge is 0.264 e. The fourth-order valence-electron chi connectivity index (χ4n) is 0.977. The highest BCUT2D eigenvalue weighted by molar-refractivity contribution is 5.25. The summed E-state index contributed by atoms with van der Waals surface area (Å²) in [6.07, 6.45) is -2.89. The van der Waals surface area contributed by atoms with Gasteiger partial charge < -0.3 is 5.73 Å². The Hall–Kier alpha value is -1.30. The fourth-order valence-corrected chi connectivity index (χ4v) is 0.977. The van der Waals surface area contributed by atoms with E-state index in [1.807, 2.05) is 0 Å². The number of nitrogens with two attached hydrogens (primary N) is 1. The van der Waals surface area contributed by atoms with Gasteiger partial charge in [-0.15, -0.1) is 0 Å². The van der Waals surface area contributed by atoms with Gasteiger partial charge in [-0.2, -0.15) is 4.39 Å². The Morgan fingerprint density at radius 2 is 2.15 bits per heavy atom. The summed E-state index contributed by atoms with van der Waals surface area (Å²) in [7, 11) is 0. The van der Waals surface area contributed by atoms with Crippen LogP contribution in [0.4, 0.5) is 13.2 Å². The second-order valence-corrected chi connectivity index (χ2v) is 2.39. The van der Waals surface area contributed by atoms with Gasteiger partial charge in [-0.05, 0) is 0 Å². The molecule has 0 fully saturated rings. The lowest BCUT2D eigenvalue weighted by molar-refractivity contribution is 0.149. The molecular weight excluding hydrogens is 185 g/mol. The van der Waals surface area contributed by atoms with E-state index < -0.39 is 23.5 Å². The summed E-state index contributed by atoms with van der Waals surface area (Å²) in [6, 6.07) is 0.649. The van der Waals surface area contributed by atoms with Gasteiger partial charge in [-0.25, -0.2) is 8.78 Å². The van der Waals surface area contributed by atoms with Crippen molar-refractivity contribution < 1.29 is 13.2 Å². The van der Waals surface area contributed by atoms with Crippen LogP contribution in [0, 0.1) is 5.95 Å². The van der Waals surface area contributed by atoms with Gasteiger partial charge in [-0.3, -0.25) is 9.78 Å². The minimum absolute atomic E-state index is 0.352. The van der Waals surface area contributed by atoms with Crippen LogP contribution in [0.5, 0.6) is 0 Å². The maximum absolute atomic E-state index is 12.8. The van der Waals surface area contributed by atoms with Gasteiger partial charge in [0.2, 0.25) is 0 Å². The summed E-state index contributed by atoms with van der Waals surface area (Å²) in [5.74, 6) is -1.09. The summed E-state index contributed by atoms with van der Waals surface area (Å²) in [6.45, 7) is -0.373. The summed E-state index contributed by atoms with van der Waals surface area (Å²) in [4.78, 5) is 12.4. The standard InChI is InChI=1S/C7H7F3N2O/c8-6(9)3-1-5(13)12-7(10)4(3)2-11/h1,6H,2,11H2,(H,12,13). The number of nitrogens with one attached hydrogen (secondary N) is 1. The van der Waals surface area contributed by atoms with E-state index in [0.29, 0.717) is 6.07 Å².